The molecule has 1 aromatic rings. The van der Waals surface area contributed by atoms with Crippen molar-refractivity contribution in [3.05, 3.63) is 34.9 Å². The zero-order chi connectivity index (χ0) is 8.81. The smallest absolute Gasteiger partial charge is 0.133 e. The first-order valence-electron chi connectivity index (χ1n) is 3.59. The number of benzene rings is 1. The minimum absolute atomic E-state index is 0.788. The Labute approximate surface area is 81.3 Å². The molecule has 0 aliphatic heterocycles. The van der Waals surface area contributed by atoms with Gasteiger partial charge in [-0.3, -0.25) is 0 Å². The second-order valence-electron chi connectivity index (χ2n) is 2.28. The summed E-state index contributed by atoms with van der Waals surface area (Å²) in [4.78, 5) is 0. The standard InChI is InChI=1S/C9H8ClNS/c10-9-4-2-1-3-8(9)5-6-12-7-11/h1-4H,5-6H2. The maximum absolute atomic E-state index is 8.29. The Kier molecular flexibility index (Phi) is 3.99. The normalized spacial score (nSPS) is 9.33. The Bertz CT molecular complexity index is 293. The van der Waals surface area contributed by atoms with Crippen LogP contribution in [0.4, 0.5) is 0 Å². The van der Waals surface area contributed by atoms with E-state index in [-0.39, 0.29) is 0 Å². The fourth-order valence-corrected chi connectivity index (χ4v) is 1.55. The SMILES string of the molecule is N#CSCCc1ccccc1Cl. The number of halogens is 1. The molecule has 12 heavy (non-hydrogen) atoms. The number of nitriles is 1. The summed E-state index contributed by atoms with van der Waals surface area (Å²) in [5.41, 5.74) is 1.11. The van der Waals surface area contributed by atoms with Crippen molar-refractivity contribution in [2.45, 2.75) is 6.42 Å². The Morgan fingerprint density at radius 3 is 2.83 bits per heavy atom. The largest absolute Gasteiger partial charge is 0.185 e. The predicted molar refractivity (Wildman–Crippen MR) is 53.2 cm³/mol. The van der Waals surface area contributed by atoms with Gasteiger partial charge >= 0.3 is 0 Å². The summed E-state index contributed by atoms with van der Waals surface area (Å²) in [5.74, 6) is 0.806. The van der Waals surface area contributed by atoms with Crippen LogP contribution in [0.1, 0.15) is 5.56 Å². The maximum Gasteiger partial charge on any atom is 0.133 e. The van der Waals surface area contributed by atoms with Crippen LogP contribution in [0.25, 0.3) is 0 Å². The van der Waals surface area contributed by atoms with E-state index in [4.69, 9.17) is 16.9 Å². The molecule has 0 unspecified atom stereocenters. The highest BCUT2D eigenvalue weighted by Gasteiger charge is 1.97. The van der Waals surface area contributed by atoms with Crippen molar-refractivity contribution in [2.24, 2.45) is 0 Å². The van der Waals surface area contributed by atoms with E-state index in [2.05, 4.69) is 0 Å². The van der Waals surface area contributed by atoms with Gasteiger partial charge in [0.15, 0.2) is 0 Å². The van der Waals surface area contributed by atoms with Crippen molar-refractivity contribution in [2.75, 3.05) is 5.75 Å². The van der Waals surface area contributed by atoms with E-state index in [1.54, 1.807) is 0 Å². The van der Waals surface area contributed by atoms with Gasteiger partial charge in [-0.15, -0.1) is 0 Å². The lowest BCUT2D eigenvalue weighted by Crippen LogP contribution is -1.87. The first-order valence-corrected chi connectivity index (χ1v) is 4.95. The van der Waals surface area contributed by atoms with E-state index >= 15 is 0 Å². The zero-order valence-electron chi connectivity index (χ0n) is 6.46. The fourth-order valence-electron chi connectivity index (χ4n) is 0.908. The molecular weight excluding hydrogens is 190 g/mol. The molecule has 1 aromatic carbocycles. The molecule has 0 amide bonds. The molecule has 0 saturated carbocycles. The third-order valence-corrected chi connectivity index (χ3v) is 2.40. The average Bonchev–Trinajstić information content (AvgIpc) is 2.09. The molecule has 3 heteroatoms. The Morgan fingerprint density at radius 1 is 1.42 bits per heavy atom. The lowest BCUT2D eigenvalue weighted by Gasteiger charge is -1.99. The van der Waals surface area contributed by atoms with Crippen molar-refractivity contribution in [3.63, 3.8) is 0 Å². The summed E-state index contributed by atoms with van der Waals surface area (Å²) in [6.07, 6.45) is 0.859. The number of rotatable bonds is 3. The molecule has 0 spiro atoms. The van der Waals surface area contributed by atoms with Crippen molar-refractivity contribution >= 4 is 23.4 Å². The summed E-state index contributed by atoms with van der Waals surface area (Å²) < 4.78 is 0. The van der Waals surface area contributed by atoms with Crippen molar-refractivity contribution in [3.8, 4) is 5.40 Å². The van der Waals surface area contributed by atoms with Crippen molar-refractivity contribution in [1.29, 1.82) is 5.26 Å². The van der Waals surface area contributed by atoms with Gasteiger partial charge < -0.3 is 0 Å². The van der Waals surface area contributed by atoms with Crippen LogP contribution >= 0.6 is 23.4 Å². The molecule has 0 aliphatic carbocycles. The van der Waals surface area contributed by atoms with E-state index in [0.29, 0.717) is 0 Å². The van der Waals surface area contributed by atoms with Crippen LogP contribution < -0.4 is 0 Å². The molecule has 0 aromatic heterocycles. The highest BCUT2D eigenvalue weighted by Crippen LogP contribution is 2.16. The van der Waals surface area contributed by atoms with Crippen LogP contribution in [0, 0.1) is 10.7 Å². The fraction of sp³-hybridized carbons (Fsp3) is 0.222. The van der Waals surface area contributed by atoms with E-state index in [9.17, 15) is 0 Å². The van der Waals surface area contributed by atoms with E-state index < -0.39 is 0 Å². The van der Waals surface area contributed by atoms with Gasteiger partial charge in [0.05, 0.1) is 0 Å². The van der Waals surface area contributed by atoms with Crippen LogP contribution in [-0.4, -0.2) is 5.75 Å². The van der Waals surface area contributed by atoms with Crippen LogP contribution in [0.2, 0.25) is 5.02 Å². The van der Waals surface area contributed by atoms with Gasteiger partial charge in [-0.05, 0) is 29.8 Å². The first kappa shape index (κ1) is 9.44. The number of nitrogens with zero attached hydrogens (tertiary/aromatic N) is 1. The van der Waals surface area contributed by atoms with Gasteiger partial charge in [-0.2, -0.15) is 5.26 Å². The Hall–Kier alpha value is -0.650. The topological polar surface area (TPSA) is 23.8 Å². The molecule has 62 valence electrons. The summed E-state index contributed by atoms with van der Waals surface area (Å²) >= 11 is 7.17. The molecule has 0 bridgehead atoms. The molecule has 0 N–H and O–H groups in total. The van der Waals surface area contributed by atoms with Gasteiger partial charge in [-0.25, -0.2) is 0 Å². The average molecular weight is 198 g/mol. The quantitative estimate of drug-likeness (QED) is 0.549. The molecule has 0 radical (unpaired) electrons. The van der Waals surface area contributed by atoms with E-state index in [1.807, 2.05) is 29.7 Å². The summed E-state index contributed by atoms with van der Waals surface area (Å²) in [6, 6.07) is 7.72. The second kappa shape index (κ2) is 5.08. The minimum Gasteiger partial charge on any atom is -0.185 e. The van der Waals surface area contributed by atoms with E-state index in [1.165, 1.54) is 11.8 Å². The van der Waals surface area contributed by atoms with Crippen LogP contribution in [-0.2, 0) is 6.42 Å². The van der Waals surface area contributed by atoms with Crippen LogP contribution in [0.3, 0.4) is 0 Å². The molecule has 0 fully saturated rings. The zero-order valence-corrected chi connectivity index (χ0v) is 8.03. The van der Waals surface area contributed by atoms with Gasteiger partial charge in [0.25, 0.3) is 0 Å². The second-order valence-corrected chi connectivity index (χ2v) is 3.57. The van der Waals surface area contributed by atoms with Gasteiger partial charge in [0.2, 0.25) is 0 Å². The molecule has 1 nitrogen and oxygen atoms in total. The molecule has 0 heterocycles. The van der Waals surface area contributed by atoms with Crippen molar-refractivity contribution in [1.82, 2.24) is 0 Å². The first-order chi connectivity index (χ1) is 5.84. The lowest BCUT2D eigenvalue weighted by molar-refractivity contribution is 1.16. The number of hydrogen-bond donors (Lipinski definition) is 0. The maximum atomic E-state index is 8.29. The lowest BCUT2D eigenvalue weighted by atomic mass is 10.2. The third-order valence-electron chi connectivity index (χ3n) is 1.50. The van der Waals surface area contributed by atoms with Gasteiger partial charge in [-0.1, -0.05) is 29.8 Å². The van der Waals surface area contributed by atoms with Crippen molar-refractivity contribution < 1.29 is 0 Å². The molecular formula is C9H8ClNS. The third kappa shape index (κ3) is 2.77. The minimum atomic E-state index is 0.788. The van der Waals surface area contributed by atoms with Gasteiger partial charge in [0, 0.05) is 10.8 Å². The van der Waals surface area contributed by atoms with Gasteiger partial charge in [0.1, 0.15) is 5.40 Å². The highest BCUT2D eigenvalue weighted by molar-refractivity contribution is 8.03. The number of thioether (sulfide) groups is 1. The molecule has 0 aliphatic rings. The van der Waals surface area contributed by atoms with Crippen LogP contribution in [0.15, 0.2) is 24.3 Å². The van der Waals surface area contributed by atoms with Crippen LogP contribution in [0.5, 0.6) is 0 Å². The Balaban J connectivity index is 2.53. The Morgan fingerprint density at radius 2 is 2.17 bits per heavy atom. The number of aryl methyl sites for hydroxylation is 1. The highest BCUT2D eigenvalue weighted by atomic mass is 35.5. The molecule has 0 saturated heterocycles. The molecule has 0 atom stereocenters. The summed E-state index contributed by atoms with van der Waals surface area (Å²) in [5, 5.41) is 11.1. The monoisotopic (exact) mass is 197 g/mol. The summed E-state index contributed by atoms with van der Waals surface area (Å²) in [7, 11) is 0. The number of hydrogen-bond acceptors (Lipinski definition) is 2. The summed E-state index contributed by atoms with van der Waals surface area (Å²) in [6.45, 7) is 0. The van der Waals surface area contributed by atoms with E-state index in [0.717, 1.165) is 22.8 Å². The predicted octanol–water partition coefficient (Wildman–Crippen LogP) is 3.10. The molecule has 1 rings (SSSR count). The number of thiocyanates is 1.